The minimum absolute atomic E-state index is 0. The van der Waals surface area contributed by atoms with Crippen molar-refractivity contribution in [2.24, 2.45) is 0 Å². The molecule has 5 heavy (non-hydrogen) atoms. The van der Waals surface area contributed by atoms with Gasteiger partial charge in [0.1, 0.15) is 0 Å². The van der Waals surface area contributed by atoms with Gasteiger partial charge in [-0.25, -0.2) is 0 Å². The van der Waals surface area contributed by atoms with E-state index in [0.717, 1.165) is 0 Å². The van der Waals surface area contributed by atoms with Crippen molar-refractivity contribution >= 4 is 50.9 Å². The van der Waals surface area contributed by atoms with Crippen molar-refractivity contribution in [1.82, 2.24) is 0 Å². The third kappa shape index (κ3) is 21.9. The molecule has 35 valence electrons. The van der Waals surface area contributed by atoms with Gasteiger partial charge in [0, 0.05) is 0 Å². The first kappa shape index (κ1) is 26.5. The summed E-state index contributed by atoms with van der Waals surface area (Å²) in [5.41, 5.74) is 0. The zero-order chi connectivity index (χ0) is 2.00. The van der Waals surface area contributed by atoms with Crippen LogP contribution < -0.4 is 0 Å². The fourth-order valence-electron chi connectivity index (χ4n) is 0. The first-order valence-electron chi connectivity index (χ1n) is 0.500. The van der Waals surface area contributed by atoms with Gasteiger partial charge in [-0.1, -0.05) is 0 Å². The summed E-state index contributed by atoms with van der Waals surface area (Å²) in [6, 6.07) is 0. The number of hydrogen-bond acceptors (Lipinski definition) is 0. The number of hydrogen-bond donors (Lipinski definition) is 0. The third-order valence-corrected chi connectivity index (χ3v) is 0. The Morgan fingerprint density at radius 3 is 0.800 bits per heavy atom. The second-order valence-corrected chi connectivity index (χ2v) is 0. The molecule has 0 saturated heterocycles. The predicted octanol–water partition coefficient (Wildman–Crippen LogP) is 2.32. The Hall–Kier alpha value is 2.32. The van der Waals surface area contributed by atoms with Gasteiger partial charge >= 0.3 is 29.4 Å². The Bertz CT molecular complexity index is 6.85. The summed E-state index contributed by atoms with van der Waals surface area (Å²) in [7, 11) is 0. The topological polar surface area (TPSA) is 0 Å². The van der Waals surface area contributed by atoms with Crippen LogP contribution in [0.2, 0.25) is 4.63 Å². The maximum atomic E-state index is 2.09. The van der Waals surface area contributed by atoms with Crippen LogP contribution in [0.15, 0.2) is 0 Å². The van der Waals surface area contributed by atoms with Gasteiger partial charge in [0.15, 0.2) is 0 Å². The zero-order valence-electron chi connectivity index (χ0n) is 2.72. The molecule has 0 bridgehead atoms. The zero-order valence-corrected chi connectivity index (χ0v) is 10.3. The summed E-state index contributed by atoms with van der Waals surface area (Å²) in [5, 5.41) is 0. The monoisotopic (exact) mass is 345 g/mol. The standard InChI is InChI=1S/CH3.3BrH.Zr/h1H3;3*1H;. The molecular weight excluding hydrogens is 343 g/mol. The van der Waals surface area contributed by atoms with E-state index >= 15 is 0 Å². The molecule has 0 radical (unpaired) electrons. The van der Waals surface area contributed by atoms with Gasteiger partial charge in [0.2, 0.25) is 0 Å². The van der Waals surface area contributed by atoms with Crippen molar-refractivity contribution in [2.45, 2.75) is 4.63 Å². The van der Waals surface area contributed by atoms with Crippen LogP contribution >= 0.6 is 50.9 Å². The molecule has 0 unspecified atom stereocenters. The average molecular weight is 349 g/mol. The molecule has 0 atom stereocenters. The Morgan fingerprint density at radius 1 is 0.800 bits per heavy atom. The van der Waals surface area contributed by atoms with Gasteiger partial charge in [-0.3, -0.25) is 0 Å². The second kappa shape index (κ2) is 33.2. The predicted molar refractivity (Wildman–Crippen MR) is 36.8 cm³/mol. The van der Waals surface area contributed by atoms with Crippen LogP contribution in [0.5, 0.6) is 0 Å². The second-order valence-electron chi connectivity index (χ2n) is 0. The van der Waals surface area contributed by atoms with Crippen LogP contribution in [0.4, 0.5) is 0 Å². The Labute approximate surface area is 79.2 Å². The van der Waals surface area contributed by atoms with Crippen LogP contribution in [0.3, 0.4) is 0 Å². The maximum absolute atomic E-state index is 2.09. The molecule has 0 nitrogen and oxygen atoms in total. The van der Waals surface area contributed by atoms with Crippen molar-refractivity contribution in [3.63, 3.8) is 0 Å². The fraction of sp³-hybridized carbons (Fsp3) is 1.00. The Kier molecular flexibility index (Phi) is 176. The fourth-order valence-corrected chi connectivity index (χ4v) is 0. The summed E-state index contributed by atoms with van der Waals surface area (Å²) in [4.78, 5) is 0. The molecule has 0 saturated carbocycles. The molecule has 4 heteroatoms. The van der Waals surface area contributed by atoms with E-state index in [2.05, 4.69) is 4.63 Å². The molecular formula is CH6Br3Zr. The number of halogens is 3. The molecule has 0 aromatic heterocycles. The van der Waals surface area contributed by atoms with Gasteiger partial charge in [0.25, 0.3) is 0 Å². The van der Waals surface area contributed by atoms with Crippen LogP contribution in [-0.4, -0.2) is 0 Å². The summed E-state index contributed by atoms with van der Waals surface area (Å²) in [6.45, 7) is 0. The summed E-state index contributed by atoms with van der Waals surface area (Å²) >= 11 is 1.55. The first-order chi connectivity index (χ1) is 1.00. The van der Waals surface area contributed by atoms with Gasteiger partial charge < -0.3 is 0 Å². The Balaban J connectivity index is -0.00000000167. The molecule has 0 aromatic rings. The molecule has 0 fully saturated rings. The van der Waals surface area contributed by atoms with E-state index in [1.807, 2.05) is 0 Å². The molecule has 0 amide bonds. The van der Waals surface area contributed by atoms with Crippen molar-refractivity contribution in [3.8, 4) is 0 Å². The van der Waals surface area contributed by atoms with Crippen LogP contribution in [-0.2, 0) is 24.7 Å². The Morgan fingerprint density at radius 2 is 0.800 bits per heavy atom. The molecule has 0 aromatic carbocycles. The summed E-state index contributed by atoms with van der Waals surface area (Å²) in [6.07, 6.45) is 0. The van der Waals surface area contributed by atoms with E-state index in [-0.39, 0.29) is 50.9 Å². The van der Waals surface area contributed by atoms with Gasteiger partial charge in [-0.05, 0) is 0 Å². The first-order valence-corrected chi connectivity index (χ1v) is 2.96. The van der Waals surface area contributed by atoms with Crippen LogP contribution in [0, 0.1) is 0 Å². The van der Waals surface area contributed by atoms with E-state index in [0.29, 0.717) is 0 Å². The van der Waals surface area contributed by atoms with Crippen molar-refractivity contribution in [3.05, 3.63) is 0 Å². The van der Waals surface area contributed by atoms with Gasteiger partial charge in [-0.15, -0.1) is 50.9 Å². The van der Waals surface area contributed by atoms with Crippen molar-refractivity contribution < 1.29 is 24.7 Å². The molecule has 0 aliphatic carbocycles. The third-order valence-electron chi connectivity index (χ3n) is 0. The van der Waals surface area contributed by atoms with E-state index in [1.54, 1.807) is 24.7 Å². The van der Waals surface area contributed by atoms with Gasteiger partial charge in [-0.2, -0.15) is 0 Å². The van der Waals surface area contributed by atoms with Gasteiger partial charge in [0.05, 0.1) is 0 Å². The van der Waals surface area contributed by atoms with E-state index < -0.39 is 0 Å². The van der Waals surface area contributed by atoms with E-state index in [1.165, 1.54) is 0 Å². The molecule has 0 spiro atoms. The minimum atomic E-state index is 0. The normalized spacial score (nSPS) is 0.800. The molecule has 0 N–H and O–H groups in total. The van der Waals surface area contributed by atoms with E-state index in [9.17, 15) is 0 Å². The molecule has 0 heterocycles. The SMILES string of the molecule is Br.Br.Br.[CH3][Zr]. The van der Waals surface area contributed by atoms with Crippen LogP contribution in [0.25, 0.3) is 0 Å². The summed E-state index contributed by atoms with van der Waals surface area (Å²) in [5.74, 6) is 0. The number of rotatable bonds is 0. The molecule has 0 aliphatic rings. The van der Waals surface area contributed by atoms with Crippen LogP contribution in [0.1, 0.15) is 0 Å². The summed E-state index contributed by atoms with van der Waals surface area (Å²) < 4.78 is 2.09. The van der Waals surface area contributed by atoms with Crippen molar-refractivity contribution in [1.29, 1.82) is 0 Å². The molecule has 0 aliphatic heterocycles. The van der Waals surface area contributed by atoms with Crippen molar-refractivity contribution in [2.75, 3.05) is 0 Å². The quantitative estimate of drug-likeness (QED) is 0.630. The molecule has 0 rings (SSSR count). The average Bonchev–Trinajstić information content (AvgIpc) is 1.00. The van der Waals surface area contributed by atoms with E-state index in [4.69, 9.17) is 0 Å².